The van der Waals surface area contributed by atoms with Crippen molar-refractivity contribution in [3.05, 3.63) is 0 Å². The van der Waals surface area contributed by atoms with Crippen molar-refractivity contribution in [1.29, 1.82) is 0 Å². The van der Waals surface area contributed by atoms with Crippen molar-refractivity contribution in [2.24, 2.45) is 0 Å². The maximum atomic E-state index is 5.26. The van der Waals surface area contributed by atoms with Crippen LogP contribution in [0.2, 0.25) is 0 Å². The summed E-state index contributed by atoms with van der Waals surface area (Å²) in [6.45, 7) is 6.62. The van der Waals surface area contributed by atoms with Crippen LogP contribution in [0.5, 0.6) is 0 Å². The fraction of sp³-hybridized carbons (Fsp3) is 1.00. The molecular weight excluding hydrogens is 164 g/mol. The molecule has 78 valence electrons. The summed E-state index contributed by atoms with van der Waals surface area (Å²) < 4.78 is 5.26. The second-order valence-electron chi connectivity index (χ2n) is 3.90. The van der Waals surface area contributed by atoms with Crippen molar-refractivity contribution in [3.8, 4) is 0 Å². The molecule has 0 aromatic carbocycles. The molecule has 0 atom stereocenters. The number of nitrogens with one attached hydrogen (secondary N) is 1. The maximum Gasteiger partial charge on any atom is 0.0645 e. The van der Waals surface area contributed by atoms with E-state index in [1.54, 1.807) is 7.11 Å². The van der Waals surface area contributed by atoms with Gasteiger partial charge in [0.05, 0.1) is 6.61 Å². The van der Waals surface area contributed by atoms with E-state index in [0.29, 0.717) is 0 Å². The van der Waals surface area contributed by atoms with Gasteiger partial charge in [-0.05, 0) is 39.5 Å². The molecule has 0 saturated carbocycles. The molecule has 0 radical (unpaired) electrons. The van der Waals surface area contributed by atoms with E-state index in [0.717, 1.165) is 6.61 Å². The summed E-state index contributed by atoms with van der Waals surface area (Å²) in [5, 5.41) is 3.41. The van der Waals surface area contributed by atoms with E-state index in [4.69, 9.17) is 4.74 Å². The molecule has 0 aromatic heterocycles. The van der Waals surface area contributed by atoms with Crippen LogP contribution in [0.15, 0.2) is 0 Å². The Morgan fingerprint density at radius 3 is 2.38 bits per heavy atom. The Labute approximate surface area is 81.4 Å². The molecule has 1 N–H and O–H groups in total. The van der Waals surface area contributed by atoms with Crippen molar-refractivity contribution in [3.63, 3.8) is 0 Å². The monoisotopic (exact) mass is 186 g/mol. The number of methoxy groups -OCH3 is 1. The van der Waals surface area contributed by atoms with Crippen molar-refractivity contribution >= 4 is 0 Å². The van der Waals surface area contributed by atoms with E-state index in [2.05, 4.69) is 17.1 Å². The Kier molecular flexibility index (Phi) is 4.16. The summed E-state index contributed by atoms with van der Waals surface area (Å²) in [6, 6.07) is 0. The summed E-state index contributed by atoms with van der Waals surface area (Å²) in [6.07, 6.45) is 2.40. The number of piperidine rings is 1. The van der Waals surface area contributed by atoms with Gasteiger partial charge in [-0.15, -0.1) is 0 Å². The van der Waals surface area contributed by atoms with Gasteiger partial charge in [0.15, 0.2) is 0 Å². The molecule has 0 unspecified atom stereocenters. The lowest BCUT2D eigenvalue weighted by molar-refractivity contribution is 0.0603. The van der Waals surface area contributed by atoms with Gasteiger partial charge in [-0.2, -0.15) is 0 Å². The molecule has 3 nitrogen and oxygen atoms in total. The third kappa shape index (κ3) is 2.66. The van der Waals surface area contributed by atoms with Crippen LogP contribution in [0, 0.1) is 0 Å². The number of hydrogen-bond acceptors (Lipinski definition) is 3. The molecule has 0 bridgehead atoms. The molecule has 0 spiro atoms. The van der Waals surface area contributed by atoms with E-state index >= 15 is 0 Å². The van der Waals surface area contributed by atoms with E-state index in [1.807, 2.05) is 7.05 Å². The summed E-state index contributed by atoms with van der Waals surface area (Å²) >= 11 is 0. The Morgan fingerprint density at radius 2 is 2.00 bits per heavy atom. The van der Waals surface area contributed by atoms with Gasteiger partial charge in [-0.25, -0.2) is 0 Å². The molecule has 1 aliphatic rings. The summed E-state index contributed by atoms with van der Waals surface area (Å²) in [4.78, 5) is 2.49. The smallest absolute Gasteiger partial charge is 0.0645 e. The van der Waals surface area contributed by atoms with Crippen LogP contribution in [-0.4, -0.2) is 50.8 Å². The number of likely N-dealkylation sites (N-methyl/N-ethyl adjacent to an activating group) is 1. The van der Waals surface area contributed by atoms with E-state index < -0.39 is 0 Å². The van der Waals surface area contributed by atoms with E-state index in [9.17, 15) is 0 Å². The SMILES string of the molecule is CCN1CCC(COC)(NC)CC1. The fourth-order valence-electron chi connectivity index (χ4n) is 2.04. The minimum atomic E-state index is 0.237. The number of hydrogen-bond donors (Lipinski definition) is 1. The first kappa shape index (κ1) is 11.0. The molecule has 0 aromatic rings. The average Bonchev–Trinajstić information content (AvgIpc) is 2.19. The van der Waals surface area contributed by atoms with Crippen molar-refractivity contribution in [1.82, 2.24) is 10.2 Å². The van der Waals surface area contributed by atoms with Gasteiger partial charge in [0.1, 0.15) is 0 Å². The third-order valence-electron chi connectivity index (χ3n) is 3.21. The molecule has 0 amide bonds. The quantitative estimate of drug-likeness (QED) is 0.699. The standard InChI is InChI=1S/C10H22N2O/c1-4-12-7-5-10(11-2,6-8-12)9-13-3/h11H,4-9H2,1-3H3. The highest BCUT2D eigenvalue weighted by Gasteiger charge is 2.32. The van der Waals surface area contributed by atoms with Crippen LogP contribution in [0.3, 0.4) is 0 Å². The second-order valence-corrected chi connectivity index (χ2v) is 3.90. The van der Waals surface area contributed by atoms with Gasteiger partial charge >= 0.3 is 0 Å². The molecule has 1 aliphatic heterocycles. The number of likely N-dealkylation sites (tertiary alicyclic amines) is 1. The minimum absolute atomic E-state index is 0.237. The molecule has 1 heterocycles. The third-order valence-corrected chi connectivity index (χ3v) is 3.21. The van der Waals surface area contributed by atoms with E-state index in [1.165, 1.54) is 32.5 Å². The Morgan fingerprint density at radius 1 is 1.38 bits per heavy atom. The van der Waals surface area contributed by atoms with Gasteiger partial charge < -0.3 is 15.0 Å². The minimum Gasteiger partial charge on any atom is -0.383 e. The van der Waals surface area contributed by atoms with Crippen molar-refractivity contribution < 1.29 is 4.74 Å². The van der Waals surface area contributed by atoms with E-state index in [-0.39, 0.29) is 5.54 Å². The van der Waals surface area contributed by atoms with Gasteiger partial charge in [-0.3, -0.25) is 0 Å². The fourth-order valence-corrected chi connectivity index (χ4v) is 2.04. The lowest BCUT2D eigenvalue weighted by atomic mass is 9.88. The Bertz CT molecular complexity index is 142. The van der Waals surface area contributed by atoms with Crippen LogP contribution in [-0.2, 0) is 4.74 Å². The highest BCUT2D eigenvalue weighted by Crippen LogP contribution is 2.21. The zero-order valence-electron chi connectivity index (χ0n) is 9.10. The average molecular weight is 186 g/mol. The molecule has 13 heavy (non-hydrogen) atoms. The summed E-state index contributed by atoms with van der Waals surface area (Å²) in [7, 11) is 3.83. The van der Waals surface area contributed by atoms with Crippen LogP contribution in [0.25, 0.3) is 0 Å². The number of nitrogens with zero attached hydrogens (tertiary/aromatic N) is 1. The highest BCUT2D eigenvalue weighted by atomic mass is 16.5. The predicted molar refractivity (Wildman–Crippen MR) is 55.0 cm³/mol. The predicted octanol–water partition coefficient (Wildman–Crippen LogP) is 0.707. The molecule has 0 aliphatic carbocycles. The molecule has 1 rings (SSSR count). The summed E-state index contributed by atoms with van der Waals surface area (Å²) in [5.74, 6) is 0. The lowest BCUT2D eigenvalue weighted by Gasteiger charge is -2.41. The first-order valence-corrected chi connectivity index (χ1v) is 5.16. The normalized spacial score (nSPS) is 23.3. The zero-order chi connectivity index (χ0) is 9.73. The van der Waals surface area contributed by atoms with Crippen molar-refractivity contribution in [2.45, 2.75) is 25.3 Å². The summed E-state index contributed by atoms with van der Waals surface area (Å²) in [5.41, 5.74) is 0.237. The topological polar surface area (TPSA) is 24.5 Å². The van der Waals surface area contributed by atoms with Gasteiger partial charge in [0, 0.05) is 12.6 Å². The van der Waals surface area contributed by atoms with Gasteiger partial charge in [-0.1, -0.05) is 6.92 Å². The lowest BCUT2D eigenvalue weighted by Crippen LogP contribution is -2.54. The highest BCUT2D eigenvalue weighted by molar-refractivity contribution is 4.91. The Balaban J connectivity index is 2.42. The molecular formula is C10H22N2O. The number of rotatable bonds is 4. The first-order chi connectivity index (χ1) is 6.26. The molecule has 1 fully saturated rings. The van der Waals surface area contributed by atoms with Crippen LogP contribution < -0.4 is 5.32 Å². The first-order valence-electron chi connectivity index (χ1n) is 5.16. The van der Waals surface area contributed by atoms with Crippen molar-refractivity contribution in [2.75, 3.05) is 40.4 Å². The van der Waals surface area contributed by atoms with Crippen LogP contribution in [0.1, 0.15) is 19.8 Å². The second kappa shape index (κ2) is 4.94. The Hall–Kier alpha value is -0.120. The van der Waals surface area contributed by atoms with Crippen LogP contribution in [0.4, 0.5) is 0 Å². The molecule has 3 heteroatoms. The largest absolute Gasteiger partial charge is 0.383 e. The van der Waals surface area contributed by atoms with Crippen LogP contribution >= 0.6 is 0 Å². The zero-order valence-corrected chi connectivity index (χ0v) is 9.10. The number of ether oxygens (including phenoxy) is 1. The maximum absolute atomic E-state index is 5.26. The van der Waals surface area contributed by atoms with Gasteiger partial charge in [0.2, 0.25) is 0 Å². The molecule has 1 saturated heterocycles. The van der Waals surface area contributed by atoms with Gasteiger partial charge in [0.25, 0.3) is 0 Å².